The Kier molecular flexibility index (Phi) is 3.14. The molecule has 0 aliphatic carbocycles. The molecule has 1 aromatic carbocycles. The van der Waals surface area contributed by atoms with Gasteiger partial charge >= 0.3 is 0 Å². The number of nitrogens with zero attached hydrogens (tertiary/aromatic N) is 2. The molecule has 0 bridgehead atoms. The first-order valence-electron chi connectivity index (χ1n) is 6.04. The van der Waals surface area contributed by atoms with Crippen molar-refractivity contribution in [2.24, 2.45) is 0 Å². The van der Waals surface area contributed by atoms with Gasteiger partial charge in [-0.15, -0.1) is 0 Å². The Bertz CT molecular complexity index is 786. The summed E-state index contributed by atoms with van der Waals surface area (Å²) >= 11 is 0. The van der Waals surface area contributed by atoms with E-state index in [2.05, 4.69) is 4.98 Å². The van der Waals surface area contributed by atoms with E-state index >= 15 is 0 Å². The monoisotopic (exact) mass is 310 g/mol. The van der Waals surface area contributed by atoms with Gasteiger partial charge in [-0.3, -0.25) is 9.78 Å². The van der Waals surface area contributed by atoms with Gasteiger partial charge in [-0.05, 0) is 24.3 Å². The molecule has 5 nitrogen and oxygen atoms in total. The third-order valence-electron chi connectivity index (χ3n) is 3.40. The van der Waals surface area contributed by atoms with E-state index in [-0.39, 0.29) is 18.9 Å². The molecule has 1 atom stereocenters. The molecule has 0 spiro atoms. The van der Waals surface area contributed by atoms with Crippen molar-refractivity contribution in [2.45, 2.75) is 11.7 Å². The molecule has 7 heteroatoms. The molecule has 1 fully saturated rings. The first-order valence-corrected chi connectivity index (χ1v) is 8.41. The van der Waals surface area contributed by atoms with Crippen LogP contribution in [0.3, 0.4) is 0 Å². The van der Waals surface area contributed by atoms with Crippen LogP contribution >= 0.6 is 10.7 Å². The maximum atomic E-state index is 12.1. The zero-order valence-corrected chi connectivity index (χ0v) is 11.9. The molecule has 104 valence electrons. The summed E-state index contributed by atoms with van der Waals surface area (Å²) in [4.78, 5) is 17.7. The fourth-order valence-corrected chi connectivity index (χ4v) is 3.45. The molecular weight excluding hydrogens is 300 g/mol. The van der Waals surface area contributed by atoms with Gasteiger partial charge in [-0.2, -0.15) is 0 Å². The molecule has 1 amide bonds. The molecule has 0 saturated carbocycles. The highest BCUT2D eigenvalue weighted by Gasteiger charge is 2.38. The van der Waals surface area contributed by atoms with Crippen LogP contribution in [0, 0.1) is 0 Å². The number of carbonyl (C=O) groups is 1. The number of hydrogen-bond acceptors (Lipinski definition) is 4. The van der Waals surface area contributed by atoms with Gasteiger partial charge in [0.25, 0.3) is 0 Å². The maximum Gasteiger partial charge on any atom is 0.237 e. The van der Waals surface area contributed by atoms with Crippen LogP contribution in [0.15, 0.2) is 36.5 Å². The maximum absolute atomic E-state index is 12.1. The molecule has 20 heavy (non-hydrogen) atoms. The Labute approximate surface area is 120 Å². The van der Waals surface area contributed by atoms with Crippen LogP contribution in [0.1, 0.15) is 6.42 Å². The molecule has 1 saturated heterocycles. The van der Waals surface area contributed by atoms with Crippen molar-refractivity contribution in [3.63, 3.8) is 0 Å². The van der Waals surface area contributed by atoms with Crippen molar-refractivity contribution in [1.29, 1.82) is 0 Å². The number of aromatic nitrogens is 1. The molecule has 1 aliphatic heterocycles. The lowest BCUT2D eigenvalue weighted by molar-refractivity contribution is -0.117. The minimum Gasteiger partial charge on any atom is -0.310 e. The number of fused-ring (bicyclic) bond motifs is 1. The molecule has 2 heterocycles. The van der Waals surface area contributed by atoms with E-state index in [9.17, 15) is 13.2 Å². The number of hydrogen-bond donors (Lipinski definition) is 0. The Morgan fingerprint density at radius 1 is 1.25 bits per heavy atom. The van der Waals surface area contributed by atoms with Crippen molar-refractivity contribution in [3.8, 4) is 0 Å². The number of pyridine rings is 1. The molecule has 0 N–H and O–H groups in total. The average Bonchev–Trinajstić information content (AvgIpc) is 2.80. The Morgan fingerprint density at radius 2 is 2.05 bits per heavy atom. The minimum atomic E-state index is -3.74. The van der Waals surface area contributed by atoms with Crippen LogP contribution < -0.4 is 4.90 Å². The normalized spacial score (nSPS) is 19.8. The zero-order valence-electron chi connectivity index (χ0n) is 10.4. The second-order valence-electron chi connectivity index (χ2n) is 4.65. The van der Waals surface area contributed by atoms with E-state index in [0.29, 0.717) is 5.69 Å². The summed E-state index contributed by atoms with van der Waals surface area (Å²) in [5.74, 6) is -0.240. The molecule has 2 aromatic rings. The van der Waals surface area contributed by atoms with Crippen LogP contribution in [0.5, 0.6) is 0 Å². The zero-order chi connectivity index (χ0) is 14.3. The Balaban J connectivity index is 2.06. The van der Waals surface area contributed by atoms with Gasteiger partial charge < -0.3 is 4.90 Å². The summed E-state index contributed by atoms with van der Waals surface area (Å²) in [5, 5.41) is -0.0421. The first kappa shape index (κ1) is 13.3. The van der Waals surface area contributed by atoms with E-state index in [1.54, 1.807) is 24.4 Å². The number of rotatable bonds is 2. The van der Waals surface area contributed by atoms with Crippen LogP contribution in [-0.4, -0.2) is 31.1 Å². The van der Waals surface area contributed by atoms with Crippen molar-refractivity contribution >= 4 is 42.2 Å². The van der Waals surface area contributed by atoms with E-state index in [4.69, 9.17) is 10.7 Å². The topological polar surface area (TPSA) is 67.3 Å². The SMILES string of the molecule is O=C1CC(S(=O)(=O)Cl)CN1c1cccc2ncccc12. The van der Waals surface area contributed by atoms with Gasteiger partial charge in [0, 0.05) is 35.2 Å². The molecule has 1 aromatic heterocycles. The average molecular weight is 311 g/mol. The fraction of sp³-hybridized carbons (Fsp3) is 0.231. The standard InChI is InChI=1S/C13H11ClN2O3S/c14-20(18,19)9-7-13(17)16(8-9)12-5-1-4-11-10(12)3-2-6-15-11/h1-6,9H,7-8H2. The van der Waals surface area contributed by atoms with Gasteiger partial charge in [0.2, 0.25) is 15.0 Å². The van der Waals surface area contributed by atoms with Crippen LogP contribution in [0.2, 0.25) is 0 Å². The van der Waals surface area contributed by atoms with Crippen molar-refractivity contribution in [3.05, 3.63) is 36.5 Å². The number of anilines is 1. The predicted octanol–water partition coefficient (Wildman–Crippen LogP) is 1.91. The highest BCUT2D eigenvalue weighted by Crippen LogP contribution is 2.31. The molecule has 3 rings (SSSR count). The van der Waals surface area contributed by atoms with E-state index < -0.39 is 14.3 Å². The summed E-state index contributed by atoms with van der Waals surface area (Å²) in [6.45, 7) is 0.0820. The van der Waals surface area contributed by atoms with E-state index in [1.807, 2.05) is 12.1 Å². The van der Waals surface area contributed by atoms with Crippen LogP contribution in [0.25, 0.3) is 10.9 Å². The second-order valence-corrected chi connectivity index (χ2v) is 7.56. The van der Waals surface area contributed by atoms with Gasteiger partial charge in [-0.25, -0.2) is 8.42 Å². The van der Waals surface area contributed by atoms with Gasteiger partial charge in [0.15, 0.2) is 0 Å². The minimum absolute atomic E-state index is 0.0809. The number of amides is 1. The van der Waals surface area contributed by atoms with E-state index in [1.165, 1.54) is 4.90 Å². The highest BCUT2D eigenvalue weighted by molar-refractivity contribution is 8.14. The van der Waals surface area contributed by atoms with Crippen molar-refractivity contribution in [1.82, 2.24) is 4.98 Å². The lowest BCUT2D eigenvalue weighted by Gasteiger charge is -2.18. The van der Waals surface area contributed by atoms with Crippen LogP contribution in [-0.2, 0) is 13.8 Å². The molecule has 1 aliphatic rings. The summed E-state index contributed by atoms with van der Waals surface area (Å²) in [7, 11) is 1.62. The third-order valence-corrected chi connectivity index (χ3v) is 5.27. The van der Waals surface area contributed by atoms with Gasteiger partial charge in [-0.1, -0.05) is 6.07 Å². The molecule has 0 radical (unpaired) electrons. The van der Waals surface area contributed by atoms with E-state index in [0.717, 1.165) is 10.9 Å². The number of benzene rings is 1. The van der Waals surface area contributed by atoms with Crippen molar-refractivity contribution in [2.75, 3.05) is 11.4 Å². The summed E-state index contributed by atoms with van der Waals surface area (Å²) in [5.41, 5.74) is 1.43. The summed E-state index contributed by atoms with van der Waals surface area (Å²) in [6, 6.07) is 9.05. The Morgan fingerprint density at radius 3 is 2.75 bits per heavy atom. The summed E-state index contributed by atoms with van der Waals surface area (Å²) in [6.07, 6.45) is 1.59. The smallest absolute Gasteiger partial charge is 0.237 e. The highest BCUT2D eigenvalue weighted by atomic mass is 35.7. The lowest BCUT2D eigenvalue weighted by atomic mass is 10.1. The molecular formula is C13H11ClN2O3S. The van der Waals surface area contributed by atoms with Crippen LogP contribution in [0.4, 0.5) is 5.69 Å². The summed E-state index contributed by atoms with van der Waals surface area (Å²) < 4.78 is 22.8. The fourth-order valence-electron chi connectivity index (χ4n) is 2.42. The number of halogens is 1. The molecule has 1 unspecified atom stereocenters. The largest absolute Gasteiger partial charge is 0.310 e. The number of carbonyl (C=O) groups excluding carboxylic acids is 1. The first-order chi connectivity index (χ1) is 9.47. The Hall–Kier alpha value is -1.66. The third kappa shape index (κ3) is 2.25. The van der Waals surface area contributed by atoms with Gasteiger partial charge in [0.05, 0.1) is 11.2 Å². The predicted molar refractivity (Wildman–Crippen MR) is 77.3 cm³/mol. The van der Waals surface area contributed by atoms with Crippen molar-refractivity contribution < 1.29 is 13.2 Å². The lowest BCUT2D eigenvalue weighted by Crippen LogP contribution is -2.26. The second kappa shape index (κ2) is 4.71. The quantitative estimate of drug-likeness (QED) is 0.795. The van der Waals surface area contributed by atoms with Gasteiger partial charge in [0.1, 0.15) is 5.25 Å².